The smallest absolute Gasteiger partial charge is 0.165 e. The number of hydrogen-bond donors (Lipinski definition) is 1. The molecule has 0 bridgehead atoms. The van der Waals surface area contributed by atoms with Crippen LogP contribution in [0.5, 0.6) is 23.0 Å². The van der Waals surface area contributed by atoms with Crippen molar-refractivity contribution in [3.05, 3.63) is 46.5 Å². The van der Waals surface area contributed by atoms with Crippen LogP contribution in [0.25, 0.3) is 0 Å². The molecule has 0 saturated heterocycles. The third-order valence-electron chi connectivity index (χ3n) is 6.03. The molecule has 5 heteroatoms. The van der Waals surface area contributed by atoms with Crippen molar-refractivity contribution in [2.75, 3.05) is 20.8 Å². The number of nitrogens with zero attached hydrogens (tertiary/aromatic N) is 1. The van der Waals surface area contributed by atoms with Crippen molar-refractivity contribution in [3.8, 4) is 23.0 Å². The van der Waals surface area contributed by atoms with Gasteiger partial charge in [-0.15, -0.1) is 0 Å². The molecule has 3 aliphatic rings. The fraction of sp³-hybridized carbons (Fsp3) is 0.455. The van der Waals surface area contributed by atoms with Gasteiger partial charge >= 0.3 is 0 Å². The molecule has 5 rings (SSSR count). The van der Waals surface area contributed by atoms with Crippen LogP contribution in [0, 0.1) is 0 Å². The molecule has 2 aromatic rings. The fourth-order valence-corrected chi connectivity index (χ4v) is 4.47. The molecular formula is C22H25NO4. The number of phenols is 1. The van der Waals surface area contributed by atoms with Gasteiger partial charge in [-0.2, -0.15) is 0 Å². The predicted octanol–water partition coefficient (Wildman–Crippen LogP) is 3.61. The van der Waals surface area contributed by atoms with E-state index in [0.29, 0.717) is 11.9 Å². The first kappa shape index (κ1) is 16.8. The van der Waals surface area contributed by atoms with Gasteiger partial charge in [0.2, 0.25) is 0 Å². The van der Waals surface area contributed by atoms with E-state index in [1.807, 2.05) is 12.1 Å². The monoisotopic (exact) mass is 367 g/mol. The molecule has 1 saturated carbocycles. The average molecular weight is 367 g/mol. The van der Waals surface area contributed by atoms with Crippen molar-refractivity contribution in [2.45, 2.75) is 44.4 Å². The Morgan fingerprint density at radius 3 is 2.63 bits per heavy atom. The van der Waals surface area contributed by atoms with E-state index in [1.165, 1.54) is 22.3 Å². The standard InChI is InChI=1S/C22H25NO4/c1-25-21-10-14-7-8-23-12-17-13(9-18(23)16(14)11-19(21)24)3-6-20(22(17)26-2)27-15-4-5-15/h3,6,10-11,15,18,24H,4-5,7-9,12H2,1-2H3/t18-/m0/s1. The highest BCUT2D eigenvalue weighted by Crippen LogP contribution is 2.46. The van der Waals surface area contributed by atoms with Crippen molar-refractivity contribution in [2.24, 2.45) is 0 Å². The van der Waals surface area contributed by atoms with Crippen molar-refractivity contribution in [3.63, 3.8) is 0 Å². The Morgan fingerprint density at radius 1 is 1.04 bits per heavy atom. The Balaban J connectivity index is 1.52. The minimum Gasteiger partial charge on any atom is -0.504 e. The van der Waals surface area contributed by atoms with E-state index < -0.39 is 0 Å². The minimum atomic E-state index is 0.217. The van der Waals surface area contributed by atoms with Gasteiger partial charge in [-0.25, -0.2) is 0 Å². The van der Waals surface area contributed by atoms with Gasteiger partial charge in [0.25, 0.3) is 0 Å². The lowest BCUT2D eigenvalue weighted by Gasteiger charge is -2.42. The van der Waals surface area contributed by atoms with Crippen LogP contribution in [0.4, 0.5) is 0 Å². The molecule has 1 atom stereocenters. The summed E-state index contributed by atoms with van der Waals surface area (Å²) in [5.74, 6) is 2.54. The summed E-state index contributed by atoms with van der Waals surface area (Å²) < 4.78 is 17.1. The van der Waals surface area contributed by atoms with E-state index in [1.54, 1.807) is 14.2 Å². The van der Waals surface area contributed by atoms with E-state index in [2.05, 4.69) is 17.0 Å². The molecule has 1 aliphatic carbocycles. The normalized spacial score (nSPS) is 21.0. The second-order valence-corrected chi connectivity index (χ2v) is 7.72. The average Bonchev–Trinajstić information content (AvgIpc) is 3.50. The molecule has 2 aliphatic heterocycles. The van der Waals surface area contributed by atoms with Crippen molar-refractivity contribution < 1.29 is 19.3 Å². The van der Waals surface area contributed by atoms with Gasteiger partial charge in [-0.3, -0.25) is 4.90 Å². The quantitative estimate of drug-likeness (QED) is 0.895. The van der Waals surface area contributed by atoms with Crippen LogP contribution >= 0.6 is 0 Å². The molecule has 1 N–H and O–H groups in total. The van der Waals surface area contributed by atoms with Crippen LogP contribution < -0.4 is 14.2 Å². The SMILES string of the molecule is COc1cc2c(cc1O)[C@@H]1Cc3ccc(OC4CC4)c(OC)c3CN1CC2. The molecule has 0 unspecified atom stereocenters. The van der Waals surface area contributed by atoms with Gasteiger partial charge in [0.1, 0.15) is 0 Å². The van der Waals surface area contributed by atoms with Gasteiger partial charge in [0.15, 0.2) is 23.0 Å². The zero-order valence-corrected chi connectivity index (χ0v) is 15.8. The molecular weight excluding hydrogens is 342 g/mol. The first-order valence-corrected chi connectivity index (χ1v) is 9.67. The molecule has 0 spiro atoms. The number of methoxy groups -OCH3 is 2. The summed E-state index contributed by atoms with van der Waals surface area (Å²) in [5.41, 5.74) is 5.03. The van der Waals surface area contributed by atoms with E-state index in [9.17, 15) is 5.11 Å². The van der Waals surface area contributed by atoms with Crippen LogP contribution in [-0.4, -0.2) is 36.9 Å². The molecule has 1 fully saturated rings. The summed E-state index contributed by atoms with van der Waals surface area (Å²) >= 11 is 0. The topological polar surface area (TPSA) is 51.2 Å². The van der Waals surface area contributed by atoms with Crippen molar-refractivity contribution in [1.29, 1.82) is 0 Å². The lowest BCUT2D eigenvalue weighted by Crippen LogP contribution is -2.39. The third kappa shape index (κ3) is 2.81. The molecule has 2 aromatic carbocycles. The maximum atomic E-state index is 10.3. The van der Waals surface area contributed by atoms with Crippen LogP contribution in [0.1, 0.15) is 41.1 Å². The van der Waals surface area contributed by atoms with Crippen LogP contribution in [0.2, 0.25) is 0 Å². The number of benzene rings is 2. The van der Waals surface area contributed by atoms with Crippen LogP contribution in [0.3, 0.4) is 0 Å². The van der Waals surface area contributed by atoms with Crippen LogP contribution in [-0.2, 0) is 19.4 Å². The van der Waals surface area contributed by atoms with E-state index >= 15 is 0 Å². The molecule has 5 nitrogen and oxygen atoms in total. The summed E-state index contributed by atoms with van der Waals surface area (Å²) in [6.45, 7) is 1.83. The van der Waals surface area contributed by atoms with Crippen LogP contribution in [0.15, 0.2) is 24.3 Å². The van der Waals surface area contributed by atoms with Gasteiger partial charge in [0, 0.05) is 24.7 Å². The first-order valence-electron chi connectivity index (χ1n) is 9.67. The maximum absolute atomic E-state index is 10.3. The Labute approximate surface area is 159 Å². The number of aromatic hydroxyl groups is 1. The third-order valence-corrected chi connectivity index (χ3v) is 6.03. The van der Waals surface area contributed by atoms with Gasteiger partial charge < -0.3 is 19.3 Å². The first-order chi connectivity index (χ1) is 13.2. The number of phenolic OH excluding ortho intramolecular Hbond substituents is 1. The highest BCUT2D eigenvalue weighted by atomic mass is 16.5. The van der Waals surface area contributed by atoms with Crippen molar-refractivity contribution in [1.82, 2.24) is 4.90 Å². The summed E-state index contributed by atoms with van der Waals surface area (Å²) in [7, 11) is 3.33. The second-order valence-electron chi connectivity index (χ2n) is 7.72. The van der Waals surface area contributed by atoms with Gasteiger partial charge in [0.05, 0.1) is 20.3 Å². The summed E-state index contributed by atoms with van der Waals surface area (Å²) in [4.78, 5) is 2.49. The molecule has 0 radical (unpaired) electrons. The number of rotatable bonds is 4. The molecule has 0 amide bonds. The zero-order valence-electron chi connectivity index (χ0n) is 15.8. The number of fused-ring (bicyclic) bond motifs is 4. The molecule has 0 aromatic heterocycles. The van der Waals surface area contributed by atoms with Gasteiger partial charge in [-0.1, -0.05) is 6.07 Å². The molecule has 142 valence electrons. The second kappa shape index (κ2) is 6.34. The van der Waals surface area contributed by atoms with E-state index in [-0.39, 0.29) is 11.8 Å². The Bertz CT molecular complexity index is 890. The highest BCUT2D eigenvalue weighted by Gasteiger charge is 2.35. The molecule has 27 heavy (non-hydrogen) atoms. The molecule has 2 heterocycles. The fourth-order valence-electron chi connectivity index (χ4n) is 4.47. The summed E-state index contributed by atoms with van der Waals surface area (Å²) in [5, 5.41) is 10.3. The predicted molar refractivity (Wildman–Crippen MR) is 102 cm³/mol. The van der Waals surface area contributed by atoms with E-state index in [4.69, 9.17) is 14.2 Å². The zero-order chi connectivity index (χ0) is 18.5. The van der Waals surface area contributed by atoms with E-state index in [0.717, 1.165) is 50.3 Å². The summed E-state index contributed by atoms with van der Waals surface area (Å²) in [6.07, 6.45) is 4.50. The number of hydrogen-bond acceptors (Lipinski definition) is 5. The number of ether oxygens (including phenoxy) is 3. The van der Waals surface area contributed by atoms with Gasteiger partial charge in [-0.05, 0) is 60.6 Å². The Hall–Kier alpha value is -2.40. The highest BCUT2D eigenvalue weighted by molar-refractivity contribution is 5.54. The minimum absolute atomic E-state index is 0.217. The lowest BCUT2D eigenvalue weighted by molar-refractivity contribution is 0.156. The van der Waals surface area contributed by atoms with Crippen molar-refractivity contribution >= 4 is 0 Å². The Morgan fingerprint density at radius 2 is 1.89 bits per heavy atom. The summed E-state index contributed by atoms with van der Waals surface area (Å²) in [6, 6.07) is 8.39. The Kier molecular flexibility index (Phi) is 3.93. The largest absolute Gasteiger partial charge is 0.504 e. The lowest BCUT2D eigenvalue weighted by atomic mass is 9.83. The maximum Gasteiger partial charge on any atom is 0.165 e.